The van der Waals surface area contributed by atoms with Crippen LogP contribution in [0.5, 0.6) is 0 Å². The summed E-state index contributed by atoms with van der Waals surface area (Å²) in [4.78, 5) is 22.9. The molecule has 0 saturated carbocycles. The molecule has 0 radical (unpaired) electrons. The first-order valence-corrected chi connectivity index (χ1v) is 7.59. The van der Waals surface area contributed by atoms with Gasteiger partial charge in [-0.3, -0.25) is 9.00 Å². The number of rotatable bonds is 5. The number of carbonyl (C=O) groups is 2. The third-order valence-corrected chi connectivity index (χ3v) is 3.36. The van der Waals surface area contributed by atoms with E-state index in [1.165, 1.54) is 6.92 Å². The number of urea groups is 1. The fourth-order valence-corrected chi connectivity index (χ4v) is 2.39. The lowest BCUT2D eigenvalue weighted by atomic mass is 10.1. The minimum atomic E-state index is -0.956. The molecule has 5 nitrogen and oxygen atoms in total. The van der Waals surface area contributed by atoms with Crippen molar-refractivity contribution in [2.75, 3.05) is 17.3 Å². The maximum absolute atomic E-state index is 11.7. The molecule has 0 aliphatic carbocycles. The second kappa shape index (κ2) is 7.04. The Bertz CT molecular complexity index is 502. The number of benzene rings is 1. The summed E-state index contributed by atoms with van der Waals surface area (Å²) in [6.45, 7) is 3.25. The minimum absolute atomic E-state index is 0.0567. The summed E-state index contributed by atoms with van der Waals surface area (Å²) in [5.41, 5.74) is 1.09. The second-order valence-corrected chi connectivity index (χ2v) is 5.86. The van der Waals surface area contributed by atoms with E-state index in [9.17, 15) is 13.8 Å². The molecule has 0 saturated heterocycles. The standard InChI is InChI=1S/C13H18N2O3S/c1-9(8-19(3)18)14-13(17)15-12-6-4-5-11(7-12)10(2)16/h4-7,9H,8H2,1-3H3,(H2,14,15,17). The van der Waals surface area contributed by atoms with Gasteiger partial charge in [-0.05, 0) is 26.0 Å². The molecule has 2 N–H and O–H groups in total. The smallest absolute Gasteiger partial charge is 0.319 e. The zero-order chi connectivity index (χ0) is 14.4. The number of hydrogen-bond acceptors (Lipinski definition) is 3. The lowest BCUT2D eigenvalue weighted by molar-refractivity contribution is 0.101. The highest BCUT2D eigenvalue weighted by atomic mass is 32.2. The summed E-state index contributed by atoms with van der Waals surface area (Å²) >= 11 is 0. The van der Waals surface area contributed by atoms with Gasteiger partial charge in [0.2, 0.25) is 0 Å². The zero-order valence-electron chi connectivity index (χ0n) is 11.2. The summed E-state index contributed by atoms with van der Waals surface area (Å²) in [7, 11) is -0.956. The number of carbonyl (C=O) groups excluding carboxylic acids is 2. The van der Waals surface area contributed by atoms with Crippen LogP contribution in [0.2, 0.25) is 0 Å². The zero-order valence-corrected chi connectivity index (χ0v) is 12.0. The Kier molecular flexibility index (Phi) is 5.69. The predicted molar refractivity (Wildman–Crippen MR) is 77.0 cm³/mol. The molecule has 0 aliphatic heterocycles. The largest absolute Gasteiger partial charge is 0.334 e. The molecule has 0 spiro atoms. The van der Waals surface area contributed by atoms with E-state index in [0.717, 1.165) is 0 Å². The van der Waals surface area contributed by atoms with E-state index in [4.69, 9.17) is 0 Å². The maximum atomic E-state index is 11.7. The van der Waals surface area contributed by atoms with Crippen LogP contribution in [0.15, 0.2) is 24.3 Å². The van der Waals surface area contributed by atoms with E-state index >= 15 is 0 Å². The molecule has 0 aromatic heterocycles. The average molecular weight is 282 g/mol. The van der Waals surface area contributed by atoms with Crippen LogP contribution in [0.4, 0.5) is 10.5 Å². The normalized spacial score (nSPS) is 13.4. The van der Waals surface area contributed by atoms with Gasteiger partial charge in [0.15, 0.2) is 5.78 Å². The fraction of sp³-hybridized carbons (Fsp3) is 0.385. The molecule has 6 heteroatoms. The minimum Gasteiger partial charge on any atom is -0.334 e. The van der Waals surface area contributed by atoms with Gasteiger partial charge < -0.3 is 10.6 Å². The molecule has 19 heavy (non-hydrogen) atoms. The van der Waals surface area contributed by atoms with Crippen LogP contribution in [-0.2, 0) is 10.8 Å². The molecule has 1 aromatic rings. The Balaban J connectivity index is 2.59. The molecule has 1 aromatic carbocycles. The van der Waals surface area contributed by atoms with Gasteiger partial charge in [0.1, 0.15) is 0 Å². The van der Waals surface area contributed by atoms with Crippen molar-refractivity contribution in [3.63, 3.8) is 0 Å². The highest BCUT2D eigenvalue weighted by molar-refractivity contribution is 7.84. The Hall–Kier alpha value is -1.69. The van der Waals surface area contributed by atoms with Crippen molar-refractivity contribution in [1.29, 1.82) is 0 Å². The Morgan fingerprint density at radius 3 is 2.63 bits per heavy atom. The number of Topliss-reactive ketones (excluding diaryl/α,β-unsaturated/α-hetero) is 1. The number of ketones is 1. The molecule has 2 unspecified atom stereocenters. The van der Waals surface area contributed by atoms with Crippen molar-refractivity contribution in [2.24, 2.45) is 0 Å². The van der Waals surface area contributed by atoms with Crippen LogP contribution >= 0.6 is 0 Å². The summed E-state index contributed by atoms with van der Waals surface area (Å²) < 4.78 is 11.0. The van der Waals surface area contributed by atoms with Crippen molar-refractivity contribution in [3.05, 3.63) is 29.8 Å². The first-order valence-electron chi connectivity index (χ1n) is 5.87. The summed E-state index contributed by atoms with van der Waals surface area (Å²) in [6.07, 6.45) is 1.59. The molecule has 0 bridgehead atoms. The van der Waals surface area contributed by atoms with E-state index in [1.807, 2.05) is 0 Å². The fourth-order valence-electron chi connectivity index (χ4n) is 1.60. The quantitative estimate of drug-likeness (QED) is 0.808. The Labute approximate surface area is 115 Å². The van der Waals surface area contributed by atoms with Gasteiger partial charge in [0.05, 0.1) is 0 Å². The van der Waals surface area contributed by atoms with Crippen molar-refractivity contribution in [3.8, 4) is 0 Å². The lowest BCUT2D eigenvalue weighted by Crippen LogP contribution is -2.39. The van der Waals surface area contributed by atoms with Gasteiger partial charge >= 0.3 is 6.03 Å². The number of nitrogens with one attached hydrogen (secondary N) is 2. The van der Waals surface area contributed by atoms with Gasteiger partial charge in [-0.2, -0.15) is 0 Å². The summed E-state index contributed by atoms with van der Waals surface area (Å²) in [6, 6.07) is 6.16. The second-order valence-electron chi connectivity index (χ2n) is 4.38. The van der Waals surface area contributed by atoms with Gasteiger partial charge in [0.25, 0.3) is 0 Å². The lowest BCUT2D eigenvalue weighted by Gasteiger charge is -2.13. The van der Waals surface area contributed by atoms with E-state index in [2.05, 4.69) is 10.6 Å². The van der Waals surface area contributed by atoms with Crippen molar-refractivity contribution < 1.29 is 13.8 Å². The summed E-state index contributed by atoms with van der Waals surface area (Å²) in [5.74, 6) is 0.347. The molecule has 2 atom stereocenters. The van der Waals surface area contributed by atoms with Crippen molar-refractivity contribution >= 4 is 28.3 Å². The third kappa shape index (κ3) is 5.65. The summed E-state index contributed by atoms with van der Waals surface area (Å²) in [5, 5.41) is 5.32. The molecule has 1 rings (SSSR count). The average Bonchev–Trinajstić information content (AvgIpc) is 2.27. The van der Waals surface area contributed by atoms with Gasteiger partial charge in [-0.15, -0.1) is 0 Å². The van der Waals surface area contributed by atoms with E-state index in [-0.39, 0.29) is 17.9 Å². The first-order chi connectivity index (χ1) is 8.88. The molecule has 2 amide bonds. The SMILES string of the molecule is CC(=O)c1cccc(NC(=O)NC(C)CS(C)=O)c1. The van der Waals surface area contributed by atoms with E-state index < -0.39 is 10.8 Å². The number of anilines is 1. The molecule has 104 valence electrons. The van der Waals surface area contributed by atoms with Crippen molar-refractivity contribution in [1.82, 2.24) is 5.32 Å². The van der Waals surface area contributed by atoms with Crippen LogP contribution in [0.1, 0.15) is 24.2 Å². The molecule has 0 aliphatic rings. The number of hydrogen-bond donors (Lipinski definition) is 2. The highest BCUT2D eigenvalue weighted by Gasteiger charge is 2.09. The van der Waals surface area contributed by atoms with Crippen LogP contribution in [0.3, 0.4) is 0 Å². The Morgan fingerprint density at radius 1 is 1.37 bits per heavy atom. The third-order valence-electron chi connectivity index (χ3n) is 2.39. The Morgan fingerprint density at radius 2 is 2.05 bits per heavy atom. The van der Waals surface area contributed by atoms with Crippen LogP contribution in [-0.4, -0.2) is 34.1 Å². The highest BCUT2D eigenvalue weighted by Crippen LogP contribution is 2.10. The van der Waals surface area contributed by atoms with Gasteiger partial charge in [-0.1, -0.05) is 12.1 Å². The monoisotopic (exact) mass is 282 g/mol. The maximum Gasteiger partial charge on any atom is 0.319 e. The van der Waals surface area contributed by atoms with Gasteiger partial charge in [-0.25, -0.2) is 4.79 Å². The van der Waals surface area contributed by atoms with Crippen LogP contribution in [0, 0.1) is 0 Å². The molecule has 0 fully saturated rings. The van der Waals surface area contributed by atoms with E-state index in [0.29, 0.717) is 17.0 Å². The molecule has 0 heterocycles. The molecular weight excluding hydrogens is 264 g/mol. The van der Waals surface area contributed by atoms with Gasteiger partial charge in [0, 0.05) is 40.1 Å². The van der Waals surface area contributed by atoms with Crippen LogP contribution in [0.25, 0.3) is 0 Å². The predicted octanol–water partition coefficient (Wildman–Crippen LogP) is 1.78. The number of amides is 2. The van der Waals surface area contributed by atoms with Crippen LogP contribution < -0.4 is 10.6 Å². The van der Waals surface area contributed by atoms with E-state index in [1.54, 1.807) is 37.4 Å². The first kappa shape index (κ1) is 15.4. The topological polar surface area (TPSA) is 75.3 Å². The molecular formula is C13H18N2O3S. The van der Waals surface area contributed by atoms with Crippen molar-refractivity contribution in [2.45, 2.75) is 19.9 Å².